The fourth-order valence-electron chi connectivity index (χ4n) is 2.87. The van der Waals surface area contributed by atoms with E-state index in [0.29, 0.717) is 16.8 Å². The number of aromatic amines is 1. The third kappa shape index (κ3) is 4.02. The van der Waals surface area contributed by atoms with E-state index in [1.165, 1.54) is 35.2 Å². The molecule has 3 heterocycles. The van der Waals surface area contributed by atoms with Crippen LogP contribution in [0.5, 0.6) is 0 Å². The van der Waals surface area contributed by atoms with Gasteiger partial charge in [-0.1, -0.05) is 22.8 Å². The Labute approximate surface area is 173 Å². The molecule has 0 amide bonds. The number of anilines is 2. The minimum absolute atomic E-state index is 0.0351. The summed E-state index contributed by atoms with van der Waals surface area (Å²) in [7, 11) is 0. The smallest absolute Gasteiger partial charge is 0.269 e. The van der Waals surface area contributed by atoms with Crippen molar-refractivity contribution in [3.05, 3.63) is 75.5 Å². The number of benzene rings is 1. The molecule has 4 rings (SSSR count). The van der Waals surface area contributed by atoms with E-state index in [2.05, 4.69) is 35.9 Å². The maximum atomic E-state index is 13.8. The van der Waals surface area contributed by atoms with Crippen LogP contribution in [0.25, 0.3) is 11.3 Å². The van der Waals surface area contributed by atoms with Gasteiger partial charge >= 0.3 is 0 Å². The molecule has 0 saturated carbocycles. The van der Waals surface area contributed by atoms with Gasteiger partial charge in [0.2, 0.25) is 5.95 Å². The molecule has 0 saturated heterocycles. The average molecular weight is 429 g/mol. The number of aliphatic hydroxyl groups is 1. The van der Waals surface area contributed by atoms with Crippen LogP contribution in [0.15, 0.2) is 53.6 Å². The van der Waals surface area contributed by atoms with Gasteiger partial charge in [0.25, 0.3) is 11.5 Å². The van der Waals surface area contributed by atoms with Crippen LogP contribution in [-0.4, -0.2) is 46.9 Å². The third-order valence-electron chi connectivity index (χ3n) is 4.31. The van der Waals surface area contributed by atoms with Gasteiger partial charge in [0.1, 0.15) is 5.82 Å². The molecule has 30 heavy (non-hydrogen) atoms. The second kappa shape index (κ2) is 8.35. The predicted molar refractivity (Wildman–Crippen MR) is 106 cm³/mol. The second-order valence-corrected chi connectivity index (χ2v) is 6.57. The zero-order chi connectivity index (χ0) is 21.1. The number of aliphatic hydroxyl groups excluding tert-OH is 1. The van der Waals surface area contributed by atoms with E-state index >= 15 is 0 Å². The van der Waals surface area contributed by atoms with Crippen molar-refractivity contribution in [1.29, 1.82) is 0 Å². The SMILES string of the molecule is O=c1cc(-c2ccnc(Nc3nn[nH]n3)n2)ccn1[C@H](CO)c1ccc(Cl)c(F)c1. The minimum atomic E-state index is -0.765. The molecule has 0 bridgehead atoms. The topological polar surface area (TPSA) is 134 Å². The summed E-state index contributed by atoms with van der Waals surface area (Å²) in [5.74, 6) is -0.202. The zero-order valence-corrected chi connectivity index (χ0v) is 16.0. The van der Waals surface area contributed by atoms with Crippen LogP contribution in [0.3, 0.4) is 0 Å². The molecule has 0 aliphatic heterocycles. The standard InChI is InChI=1S/C18H14ClFN8O2/c19-12-2-1-11(7-13(12)20)15(9-29)28-6-4-10(8-16(28)30)14-3-5-21-17(22-14)23-18-24-26-27-25-18/h1-8,15,29H,9H2,(H2,21,22,23,24,25,26,27)/t15-/m1/s1. The summed E-state index contributed by atoms with van der Waals surface area (Å²) in [5, 5.41) is 25.8. The molecular weight excluding hydrogens is 415 g/mol. The molecule has 4 aromatic rings. The van der Waals surface area contributed by atoms with Gasteiger partial charge in [0, 0.05) is 24.0 Å². The van der Waals surface area contributed by atoms with E-state index in [1.54, 1.807) is 18.2 Å². The van der Waals surface area contributed by atoms with Crippen molar-refractivity contribution in [3.8, 4) is 11.3 Å². The van der Waals surface area contributed by atoms with Crippen molar-refractivity contribution in [2.75, 3.05) is 11.9 Å². The Morgan fingerprint density at radius 3 is 2.80 bits per heavy atom. The number of hydrogen-bond acceptors (Lipinski definition) is 8. The molecule has 0 unspecified atom stereocenters. The van der Waals surface area contributed by atoms with E-state index < -0.39 is 24.0 Å². The van der Waals surface area contributed by atoms with E-state index in [0.717, 1.165) is 0 Å². The van der Waals surface area contributed by atoms with Crippen LogP contribution in [0, 0.1) is 5.82 Å². The van der Waals surface area contributed by atoms with Gasteiger partial charge in [0.15, 0.2) is 0 Å². The number of H-pyrrole nitrogens is 1. The molecule has 0 aliphatic rings. The van der Waals surface area contributed by atoms with Crippen LogP contribution >= 0.6 is 11.6 Å². The molecule has 12 heteroatoms. The third-order valence-corrected chi connectivity index (χ3v) is 4.61. The van der Waals surface area contributed by atoms with E-state index in [9.17, 15) is 14.3 Å². The summed E-state index contributed by atoms with van der Waals surface area (Å²) >= 11 is 5.72. The maximum absolute atomic E-state index is 13.8. The lowest BCUT2D eigenvalue weighted by Crippen LogP contribution is -2.27. The molecule has 152 valence electrons. The number of aromatic nitrogens is 7. The average Bonchev–Trinajstić information content (AvgIpc) is 3.25. The number of nitrogens with one attached hydrogen (secondary N) is 2. The summed E-state index contributed by atoms with van der Waals surface area (Å²) in [6.07, 6.45) is 3.03. The van der Waals surface area contributed by atoms with Crippen LogP contribution in [0.2, 0.25) is 5.02 Å². The summed E-state index contributed by atoms with van der Waals surface area (Å²) < 4.78 is 15.1. The largest absolute Gasteiger partial charge is 0.394 e. The van der Waals surface area contributed by atoms with Gasteiger partial charge in [-0.15, -0.1) is 5.10 Å². The molecule has 0 spiro atoms. The molecule has 0 radical (unpaired) electrons. The molecule has 3 aromatic heterocycles. The van der Waals surface area contributed by atoms with E-state index in [4.69, 9.17) is 11.6 Å². The summed E-state index contributed by atoms with van der Waals surface area (Å²) in [5.41, 5.74) is 1.04. The van der Waals surface area contributed by atoms with Crippen molar-refractivity contribution in [2.45, 2.75) is 6.04 Å². The lowest BCUT2D eigenvalue weighted by Gasteiger charge is -2.18. The van der Waals surface area contributed by atoms with Gasteiger partial charge in [0.05, 0.1) is 23.4 Å². The Morgan fingerprint density at radius 1 is 1.23 bits per heavy atom. The second-order valence-electron chi connectivity index (χ2n) is 6.16. The maximum Gasteiger partial charge on any atom is 0.269 e. The first kappa shape index (κ1) is 19.6. The summed E-state index contributed by atoms with van der Waals surface area (Å²) in [6, 6.07) is 8.05. The number of hydrogen-bond donors (Lipinski definition) is 3. The van der Waals surface area contributed by atoms with Crippen LogP contribution in [0.4, 0.5) is 16.3 Å². The van der Waals surface area contributed by atoms with Gasteiger partial charge < -0.3 is 9.67 Å². The van der Waals surface area contributed by atoms with Gasteiger partial charge in [-0.05, 0) is 35.0 Å². The van der Waals surface area contributed by atoms with Gasteiger partial charge in [-0.3, -0.25) is 10.1 Å². The Balaban J connectivity index is 1.64. The Hall–Kier alpha value is -3.70. The number of pyridine rings is 1. The Bertz CT molecular complexity index is 1230. The van der Waals surface area contributed by atoms with Crippen LogP contribution in [0.1, 0.15) is 11.6 Å². The molecule has 1 aromatic carbocycles. The molecule has 10 nitrogen and oxygen atoms in total. The molecule has 1 atom stereocenters. The molecular formula is C18H14ClFN8O2. The lowest BCUT2D eigenvalue weighted by molar-refractivity contribution is 0.247. The van der Waals surface area contributed by atoms with E-state index in [-0.39, 0.29) is 16.9 Å². The number of halogens is 2. The van der Waals surface area contributed by atoms with Crippen molar-refractivity contribution in [1.82, 2.24) is 35.2 Å². The first-order valence-electron chi connectivity index (χ1n) is 8.67. The van der Waals surface area contributed by atoms with Crippen molar-refractivity contribution >= 4 is 23.5 Å². The number of tetrazole rings is 1. The van der Waals surface area contributed by atoms with Crippen LogP contribution < -0.4 is 10.9 Å². The first-order valence-corrected chi connectivity index (χ1v) is 9.05. The zero-order valence-electron chi connectivity index (χ0n) is 15.2. The molecule has 0 fully saturated rings. The van der Waals surface area contributed by atoms with Crippen molar-refractivity contribution in [3.63, 3.8) is 0 Å². The first-order chi connectivity index (χ1) is 14.5. The van der Waals surface area contributed by atoms with E-state index in [1.807, 2.05) is 0 Å². The fraction of sp³-hybridized carbons (Fsp3) is 0.111. The Morgan fingerprint density at radius 2 is 2.10 bits per heavy atom. The summed E-state index contributed by atoms with van der Waals surface area (Å²) in [4.78, 5) is 21.1. The minimum Gasteiger partial charge on any atom is -0.394 e. The predicted octanol–water partition coefficient (Wildman–Crippen LogP) is 1.94. The fourth-order valence-corrected chi connectivity index (χ4v) is 2.99. The highest BCUT2D eigenvalue weighted by Gasteiger charge is 2.16. The quantitative estimate of drug-likeness (QED) is 0.424. The van der Waals surface area contributed by atoms with Crippen molar-refractivity contribution < 1.29 is 9.50 Å². The monoisotopic (exact) mass is 428 g/mol. The molecule has 0 aliphatic carbocycles. The van der Waals surface area contributed by atoms with Crippen LogP contribution in [-0.2, 0) is 0 Å². The normalized spacial score (nSPS) is 12.0. The highest BCUT2D eigenvalue weighted by atomic mass is 35.5. The summed E-state index contributed by atoms with van der Waals surface area (Å²) in [6.45, 7) is -0.396. The molecule has 3 N–H and O–H groups in total. The highest BCUT2D eigenvalue weighted by Crippen LogP contribution is 2.23. The Kier molecular flexibility index (Phi) is 5.46. The number of rotatable bonds is 6. The number of nitrogens with zero attached hydrogens (tertiary/aromatic N) is 6. The van der Waals surface area contributed by atoms with Gasteiger partial charge in [-0.2, -0.15) is 5.21 Å². The van der Waals surface area contributed by atoms with Crippen molar-refractivity contribution in [2.24, 2.45) is 0 Å². The highest BCUT2D eigenvalue weighted by molar-refractivity contribution is 6.30. The van der Waals surface area contributed by atoms with Gasteiger partial charge in [-0.25, -0.2) is 14.4 Å². The lowest BCUT2D eigenvalue weighted by atomic mass is 10.1.